The van der Waals surface area contributed by atoms with E-state index in [2.05, 4.69) is 23.0 Å². The second-order valence-corrected chi connectivity index (χ2v) is 9.41. The topological polar surface area (TPSA) is 90.5 Å². The molecule has 0 bridgehead atoms. The van der Waals surface area contributed by atoms with Gasteiger partial charge >= 0.3 is 5.97 Å². The number of nitrogens with zero attached hydrogens (tertiary/aromatic N) is 1. The number of allylic oxidation sites excluding steroid dienone is 2. The van der Waals surface area contributed by atoms with E-state index in [1.165, 1.54) is 51.4 Å². The van der Waals surface area contributed by atoms with E-state index in [0.717, 1.165) is 42.1 Å². The number of aliphatic imine (C=N–C) groups is 1. The van der Waals surface area contributed by atoms with Crippen molar-refractivity contribution in [2.45, 2.75) is 91.4 Å². The molecule has 2 aromatic rings. The first kappa shape index (κ1) is 26.6. The number of aromatic nitrogens is 2. The number of H-pyrrole nitrogens is 2. The van der Waals surface area contributed by atoms with Crippen molar-refractivity contribution in [2.24, 2.45) is 4.99 Å². The molecule has 0 radical (unpaired) electrons. The smallest absolute Gasteiger partial charge is 0.341 e. The third kappa shape index (κ3) is 7.74. The molecule has 1 aliphatic rings. The van der Waals surface area contributed by atoms with Crippen LogP contribution in [-0.4, -0.2) is 33.4 Å². The summed E-state index contributed by atoms with van der Waals surface area (Å²) in [7, 11) is 0. The lowest BCUT2D eigenvalue weighted by atomic mass is 10.1. The number of ether oxygens (including phenoxy) is 1. The molecule has 3 heterocycles. The van der Waals surface area contributed by atoms with Crippen LogP contribution in [-0.2, 0) is 0 Å². The van der Waals surface area contributed by atoms with Gasteiger partial charge in [0.1, 0.15) is 5.56 Å². The Hall–Kier alpha value is -3.02. The van der Waals surface area contributed by atoms with E-state index in [9.17, 15) is 9.90 Å². The van der Waals surface area contributed by atoms with E-state index >= 15 is 0 Å². The number of carboxylic acids is 1. The van der Waals surface area contributed by atoms with Crippen molar-refractivity contribution < 1.29 is 14.6 Å². The third-order valence-electron chi connectivity index (χ3n) is 6.29. The molecule has 0 amide bonds. The molecule has 0 aromatic carbocycles. The fraction of sp³-hybridized carbons (Fsp3) is 0.517. The van der Waals surface area contributed by atoms with E-state index < -0.39 is 5.97 Å². The van der Waals surface area contributed by atoms with Gasteiger partial charge in [-0.05, 0) is 56.5 Å². The maximum atomic E-state index is 12.2. The maximum absolute atomic E-state index is 12.2. The summed E-state index contributed by atoms with van der Waals surface area (Å²) in [6, 6.07) is 3.81. The van der Waals surface area contributed by atoms with Gasteiger partial charge in [-0.15, -0.1) is 0 Å². The molecule has 0 saturated heterocycles. The zero-order valence-electron chi connectivity index (χ0n) is 21.6. The summed E-state index contributed by atoms with van der Waals surface area (Å²) in [4.78, 5) is 23.4. The molecule has 0 unspecified atom stereocenters. The van der Waals surface area contributed by atoms with Crippen LogP contribution in [0.1, 0.15) is 106 Å². The minimum absolute atomic E-state index is 0.146. The number of aromatic amines is 2. The van der Waals surface area contributed by atoms with E-state index in [-0.39, 0.29) is 5.56 Å². The Balaban J connectivity index is 1.66. The number of rotatable bonds is 16. The SMILES string of the molecule is CCCCCCCCCCCC1=NC(=Cc2[nH]c(-c3ccc(C)[nH]3)c(C(=O)O)c2OCCC)C=C1. The molecular weight excluding hydrogens is 438 g/mol. The van der Waals surface area contributed by atoms with Crippen molar-refractivity contribution in [1.82, 2.24) is 9.97 Å². The summed E-state index contributed by atoms with van der Waals surface area (Å²) < 4.78 is 5.91. The summed E-state index contributed by atoms with van der Waals surface area (Å²) in [5.41, 5.74) is 4.88. The molecular formula is C29H41N3O3. The van der Waals surface area contributed by atoms with Crippen LogP contribution in [0.15, 0.2) is 35.0 Å². The lowest BCUT2D eigenvalue weighted by Gasteiger charge is -2.06. The van der Waals surface area contributed by atoms with E-state index in [4.69, 9.17) is 9.73 Å². The monoisotopic (exact) mass is 479 g/mol. The van der Waals surface area contributed by atoms with Crippen LogP contribution in [0.5, 0.6) is 5.75 Å². The van der Waals surface area contributed by atoms with Gasteiger partial charge in [-0.3, -0.25) is 4.99 Å². The van der Waals surface area contributed by atoms with Gasteiger partial charge in [0.15, 0.2) is 5.75 Å². The van der Waals surface area contributed by atoms with Gasteiger partial charge in [-0.1, -0.05) is 65.2 Å². The van der Waals surface area contributed by atoms with Crippen LogP contribution in [0.3, 0.4) is 0 Å². The molecule has 6 nitrogen and oxygen atoms in total. The van der Waals surface area contributed by atoms with Crippen LogP contribution in [0.25, 0.3) is 17.5 Å². The van der Waals surface area contributed by atoms with Crippen molar-refractivity contribution >= 4 is 17.8 Å². The highest BCUT2D eigenvalue weighted by atomic mass is 16.5. The lowest BCUT2D eigenvalue weighted by molar-refractivity contribution is 0.0693. The van der Waals surface area contributed by atoms with Crippen LogP contribution < -0.4 is 4.74 Å². The van der Waals surface area contributed by atoms with Crippen molar-refractivity contribution in [1.29, 1.82) is 0 Å². The number of aryl methyl sites for hydroxylation is 1. The Morgan fingerprint density at radius 2 is 1.69 bits per heavy atom. The maximum Gasteiger partial charge on any atom is 0.341 e. The fourth-order valence-corrected chi connectivity index (χ4v) is 4.42. The summed E-state index contributed by atoms with van der Waals surface area (Å²) in [5.74, 6) is -0.652. The van der Waals surface area contributed by atoms with E-state index in [1.807, 2.05) is 38.1 Å². The highest BCUT2D eigenvalue weighted by Gasteiger charge is 2.25. The number of unbranched alkanes of at least 4 members (excludes halogenated alkanes) is 8. The molecule has 2 aromatic heterocycles. The van der Waals surface area contributed by atoms with Gasteiger partial charge < -0.3 is 19.8 Å². The minimum atomic E-state index is -1.02. The molecule has 0 spiro atoms. The largest absolute Gasteiger partial charge is 0.490 e. The average Bonchev–Trinajstić information content (AvgIpc) is 3.55. The van der Waals surface area contributed by atoms with Crippen LogP contribution in [0, 0.1) is 6.92 Å². The van der Waals surface area contributed by atoms with Gasteiger partial charge in [0.05, 0.1) is 29.4 Å². The summed E-state index contributed by atoms with van der Waals surface area (Å²) in [6.45, 7) is 6.65. The number of nitrogens with one attached hydrogen (secondary N) is 2. The molecule has 35 heavy (non-hydrogen) atoms. The average molecular weight is 480 g/mol. The first-order valence-electron chi connectivity index (χ1n) is 13.3. The highest BCUT2D eigenvalue weighted by Crippen LogP contribution is 2.36. The number of carbonyl (C=O) groups is 1. The zero-order valence-corrected chi connectivity index (χ0v) is 21.6. The Morgan fingerprint density at radius 1 is 0.971 bits per heavy atom. The molecule has 0 atom stereocenters. The van der Waals surface area contributed by atoms with Crippen LogP contribution >= 0.6 is 0 Å². The summed E-state index contributed by atoms with van der Waals surface area (Å²) in [5, 5.41) is 9.97. The lowest BCUT2D eigenvalue weighted by Crippen LogP contribution is -2.03. The van der Waals surface area contributed by atoms with Crippen LogP contribution in [0.2, 0.25) is 0 Å². The van der Waals surface area contributed by atoms with Gasteiger partial charge in [-0.2, -0.15) is 0 Å². The number of hydrogen-bond donors (Lipinski definition) is 3. The van der Waals surface area contributed by atoms with Crippen LogP contribution in [0.4, 0.5) is 0 Å². The molecule has 190 valence electrons. The Kier molecular flexibility index (Phi) is 10.5. The van der Waals surface area contributed by atoms with Crippen molar-refractivity contribution in [2.75, 3.05) is 6.61 Å². The first-order chi connectivity index (χ1) is 17.0. The Labute approximate surface area is 209 Å². The summed E-state index contributed by atoms with van der Waals surface area (Å²) >= 11 is 0. The molecule has 6 heteroatoms. The van der Waals surface area contributed by atoms with Gasteiger partial charge in [0.2, 0.25) is 0 Å². The number of carboxylic acid groups (broad SMARTS) is 1. The Bertz CT molecular complexity index is 1060. The zero-order chi connectivity index (χ0) is 25.0. The molecule has 0 saturated carbocycles. The van der Waals surface area contributed by atoms with Gasteiger partial charge in [0.25, 0.3) is 0 Å². The second-order valence-electron chi connectivity index (χ2n) is 9.41. The normalized spacial score (nSPS) is 14.1. The van der Waals surface area contributed by atoms with E-state index in [0.29, 0.717) is 23.7 Å². The molecule has 3 rings (SSSR count). The number of hydrogen-bond acceptors (Lipinski definition) is 3. The molecule has 3 N–H and O–H groups in total. The predicted octanol–water partition coefficient (Wildman–Crippen LogP) is 8.08. The van der Waals surface area contributed by atoms with E-state index in [1.54, 1.807) is 0 Å². The predicted molar refractivity (Wildman–Crippen MR) is 144 cm³/mol. The molecule has 0 aliphatic carbocycles. The van der Waals surface area contributed by atoms with Crippen molar-refractivity contribution in [3.8, 4) is 17.1 Å². The van der Waals surface area contributed by atoms with Crippen molar-refractivity contribution in [3.63, 3.8) is 0 Å². The van der Waals surface area contributed by atoms with Gasteiger partial charge in [0, 0.05) is 11.4 Å². The molecule has 0 fully saturated rings. The first-order valence-corrected chi connectivity index (χ1v) is 13.3. The highest BCUT2D eigenvalue weighted by molar-refractivity contribution is 6.01. The van der Waals surface area contributed by atoms with Crippen molar-refractivity contribution in [3.05, 3.63) is 46.9 Å². The van der Waals surface area contributed by atoms with Gasteiger partial charge in [-0.25, -0.2) is 4.79 Å². The Morgan fingerprint density at radius 3 is 2.31 bits per heavy atom. The molecule has 1 aliphatic heterocycles. The minimum Gasteiger partial charge on any atom is -0.490 e. The summed E-state index contributed by atoms with van der Waals surface area (Å²) in [6.07, 6.45) is 19.5. The fourth-order valence-electron chi connectivity index (χ4n) is 4.42. The standard InChI is InChI=1S/C29H41N3O3/c1-4-6-7-8-9-10-11-12-13-14-22-16-17-23(31-22)20-25-28(35-19-5-2)26(29(33)34)27(32-25)24-18-15-21(3)30-24/h15-18,20,30,32H,4-14,19H2,1-3H3,(H,33,34). The third-order valence-corrected chi connectivity index (χ3v) is 6.29. The number of aromatic carboxylic acids is 1. The second kappa shape index (κ2) is 13.8. The quantitative estimate of drug-likeness (QED) is 0.213.